The van der Waals surface area contributed by atoms with Crippen molar-refractivity contribution in [3.8, 4) is 5.75 Å². The summed E-state index contributed by atoms with van der Waals surface area (Å²) in [5, 5.41) is 9.20. The molecule has 94 valence electrons. The molecule has 2 aromatic carbocycles. The van der Waals surface area contributed by atoms with E-state index in [1.165, 1.54) is 0 Å². The zero-order valence-corrected chi connectivity index (χ0v) is 11.4. The smallest absolute Gasteiger partial charge is 0.125 e. The van der Waals surface area contributed by atoms with Gasteiger partial charge in [-0.25, -0.2) is 0 Å². The first-order valence-corrected chi connectivity index (χ1v) is 6.35. The molecule has 0 aliphatic carbocycles. The summed E-state index contributed by atoms with van der Waals surface area (Å²) in [6.45, 7) is 0.386. The van der Waals surface area contributed by atoms with Crippen LogP contribution in [0.5, 0.6) is 5.75 Å². The highest BCUT2D eigenvalue weighted by Crippen LogP contribution is 2.21. The molecule has 4 heteroatoms. The van der Waals surface area contributed by atoms with Crippen molar-refractivity contribution in [2.75, 3.05) is 5.73 Å². The fourth-order valence-corrected chi connectivity index (χ4v) is 2.25. The molecule has 0 spiro atoms. The first kappa shape index (κ1) is 12.9. The number of para-hydroxylation sites is 1. The van der Waals surface area contributed by atoms with Crippen molar-refractivity contribution in [1.29, 1.82) is 0 Å². The molecule has 2 aromatic rings. The van der Waals surface area contributed by atoms with Crippen LogP contribution in [-0.2, 0) is 13.2 Å². The van der Waals surface area contributed by atoms with Crippen molar-refractivity contribution in [1.82, 2.24) is 0 Å². The van der Waals surface area contributed by atoms with Gasteiger partial charge in [-0.15, -0.1) is 0 Å². The van der Waals surface area contributed by atoms with Gasteiger partial charge in [0.05, 0.1) is 6.61 Å². The van der Waals surface area contributed by atoms with Crippen LogP contribution in [0.1, 0.15) is 11.1 Å². The van der Waals surface area contributed by atoms with Gasteiger partial charge in [0.2, 0.25) is 0 Å². The van der Waals surface area contributed by atoms with Crippen LogP contribution in [-0.4, -0.2) is 5.11 Å². The lowest BCUT2D eigenvalue weighted by Crippen LogP contribution is -1.99. The van der Waals surface area contributed by atoms with Crippen LogP contribution in [0.15, 0.2) is 46.9 Å². The van der Waals surface area contributed by atoms with E-state index in [0.717, 1.165) is 15.6 Å². The second kappa shape index (κ2) is 5.89. The van der Waals surface area contributed by atoms with E-state index in [-0.39, 0.29) is 6.61 Å². The van der Waals surface area contributed by atoms with Crippen LogP contribution < -0.4 is 10.5 Å². The van der Waals surface area contributed by atoms with Crippen molar-refractivity contribution in [3.63, 3.8) is 0 Å². The monoisotopic (exact) mass is 307 g/mol. The Bertz CT molecular complexity index is 523. The lowest BCUT2D eigenvalue weighted by Gasteiger charge is -2.10. The minimum Gasteiger partial charge on any atom is -0.489 e. The van der Waals surface area contributed by atoms with Gasteiger partial charge in [-0.2, -0.15) is 0 Å². The van der Waals surface area contributed by atoms with Crippen molar-refractivity contribution in [3.05, 3.63) is 58.1 Å². The number of halogens is 1. The highest BCUT2D eigenvalue weighted by atomic mass is 79.9. The summed E-state index contributed by atoms with van der Waals surface area (Å²) in [7, 11) is 0. The number of aliphatic hydroxyl groups is 1. The molecule has 0 aromatic heterocycles. The van der Waals surface area contributed by atoms with E-state index in [1.807, 2.05) is 42.5 Å². The lowest BCUT2D eigenvalue weighted by atomic mass is 10.2. The predicted octanol–water partition coefficient (Wildman–Crippen LogP) is 3.10. The molecular weight excluding hydrogens is 294 g/mol. The molecule has 0 heterocycles. The number of benzene rings is 2. The fraction of sp³-hybridized carbons (Fsp3) is 0.143. The zero-order chi connectivity index (χ0) is 13.0. The number of hydrogen-bond donors (Lipinski definition) is 2. The van der Waals surface area contributed by atoms with Gasteiger partial charge in [-0.1, -0.05) is 34.1 Å². The molecule has 0 aliphatic heterocycles. The Morgan fingerprint density at radius 1 is 1.17 bits per heavy atom. The fourth-order valence-electron chi connectivity index (χ4n) is 1.70. The quantitative estimate of drug-likeness (QED) is 0.853. The summed E-state index contributed by atoms with van der Waals surface area (Å²) in [6.07, 6.45) is 0. The molecule has 0 unspecified atom stereocenters. The summed E-state index contributed by atoms with van der Waals surface area (Å²) in [5.74, 6) is 0.693. The summed E-state index contributed by atoms with van der Waals surface area (Å²) in [5.41, 5.74) is 8.21. The zero-order valence-electron chi connectivity index (χ0n) is 9.77. The molecule has 2 rings (SSSR count). The lowest BCUT2D eigenvalue weighted by molar-refractivity contribution is 0.259. The first-order valence-electron chi connectivity index (χ1n) is 5.55. The third kappa shape index (κ3) is 3.24. The first-order chi connectivity index (χ1) is 8.69. The van der Waals surface area contributed by atoms with Crippen molar-refractivity contribution < 1.29 is 9.84 Å². The van der Waals surface area contributed by atoms with Crippen LogP contribution in [0, 0.1) is 0 Å². The maximum absolute atomic E-state index is 9.20. The van der Waals surface area contributed by atoms with Gasteiger partial charge < -0.3 is 15.6 Å². The molecule has 0 fully saturated rings. The average molecular weight is 308 g/mol. The molecule has 0 aliphatic rings. The topological polar surface area (TPSA) is 55.5 Å². The molecule has 0 atom stereocenters. The molecule has 0 amide bonds. The maximum Gasteiger partial charge on any atom is 0.125 e. The van der Waals surface area contributed by atoms with E-state index in [1.54, 1.807) is 0 Å². The standard InChI is InChI=1S/C14H14BrNO2/c15-12-5-10(6-13(16)7-12)9-18-14-4-2-1-3-11(14)8-17/h1-7,17H,8-9,16H2. The normalized spacial score (nSPS) is 10.3. The molecule has 3 nitrogen and oxygen atoms in total. The summed E-state index contributed by atoms with van der Waals surface area (Å²) in [6, 6.07) is 13.1. The number of ether oxygens (including phenoxy) is 1. The minimum atomic E-state index is -0.0310. The van der Waals surface area contributed by atoms with Crippen molar-refractivity contribution >= 4 is 21.6 Å². The van der Waals surface area contributed by atoms with Gasteiger partial charge in [0.1, 0.15) is 12.4 Å². The van der Waals surface area contributed by atoms with Crippen LogP contribution in [0.4, 0.5) is 5.69 Å². The second-order valence-electron chi connectivity index (χ2n) is 3.95. The Hall–Kier alpha value is -1.52. The number of nitrogen functional groups attached to an aromatic ring is 1. The molecule has 0 saturated carbocycles. The van der Waals surface area contributed by atoms with Gasteiger partial charge >= 0.3 is 0 Å². The largest absolute Gasteiger partial charge is 0.489 e. The number of nitrogens with two attached hydrogens (primary N) is 1. The van der Waals surface area contributed by atoms with Crippen LogP contribution in [0.2, 0.25) is 0 Å². The predicted molar refractivity (Wildman–Crippen MR) is 75.3 cm³/mol. The van der Waals surface area contributed by atoms with E-state index in [4.69, 9.17) is 10.5 Å². The Morgan fingerprint density at radius 2 is 1.94 bits per heavy atom. The van der Waals surface area contributed by atoms with Gasteiger partial charge in [-0.05, 0) is 29.8 Å². The van der Waals surface area contributed by atoms with Crippen LogP contribution >= 0.6 is 15.9 Å². The molecule has 18 heavy (non-hydrogen) atoms. The Kier molecular flexibility index (Phi) is 4.23. The molecule has 0 bridgehead atoms. The van der Waals surface area contributed by atoms with Gasteiger partial charge in [-0.3, -0.25) is 0 Å². The van der Waals surface area contributed by atoms with Crippen molar-refractivity contribution in [2.45, 2.75) is 13.2 Å². The molecular formula is C14H14BrNO2. The maximum atomic E-state index is 9.20. The average Bonchev–Trinajstić information content (AvgIpc) is 2.35. The summed E-state index contributed by atoms with van der Waals surface area (Å²) >= 11 is 3.39. The Balaban J connectivity index is 2.11. The third-order valence-electron chi connectivity index (χ3n) is 2.52. The second-order valence-corrected chi connectivity index (χ2v) is 4.86. The van der Waals surface area contributed by atoms with Crippen LogP contribution in [0.3, 0.4) is 0 Å². The molecule has 0 saturated heterocycles. The molecule has 3 N–H and O–H groups in total. The van der Waals surface area contributed by atoms with E-state index in [9.17, 15) is 5.11 Å². The highest BCUT2D eigenvalue weighted by Gasteiger charge is 2.03. The van der Waals surface area contributed by atoms with E-state index >= 15 is 0 Å². The Labute approximate surface area is 114 Å². The number of rotatable bonds is 4. The number of hydrogen-bond acceptors (Lipinski definition) is 3. The van der Waals surface area contributed by atoms with E-state index in [0.29, 0.717) is 18.0 Å². The van der Waals surface area contributed by atoms with Gasteiger partial charge in [0, 0.05) is 15.7 Å². The van der Waals surface area contributed by atoms with Gasteiger partial charge in [0.25, 0.3) is 0 Å². The van der Waals surface area contributed by atoms with E-state index in [2.05, 4.69) is 15.9 Å². The van der Waals surface area contributed by atoms with E-state index < -0.39 is 0 Å². The summed E-state index contributed by atoms with van der Waals surface area (Å²) < 4.78 is 6.62. The van der Waals surface area contributed by atoms with Crippen molar-refractivity contribution in [2.24, 2.45) is 0 Å². The van der Waals surface area contributed by atoms with Crippen LogP contribution in [0.25, 0.3) is 0 Å². The SMILES string of the molecule is Nc1cc(Br)cc(COc2ccccc2CO)c1. The Morgan fingerprint density at radius 3 is 2.67 bits per heavy atom. The molecule has 0 radical (unpaired) electrons. The summed E-state index contributed by atoms with van der Waals surface area (Å²) in [4.78, 5) is 0. The highest BCUT2D eigenvalue weighted by molar-refractivity contribution is 9.10. The number of anilines is 1. The third-order valence-corrected chi connectivity index (χ3v) is 2.98. The minimum absolute atomic E-state index is 0.0310. The van der Waals surface area contributed by atoms with Gasteiger partial charge in [0.15, 0.2) is 0 Å². The number of aliphatic hydroxyl groups excluding tert-OH is 1.